The third-order valence-corrected chi connectivity index (χ3v) is 4.02. The second-order valence-electron chi connectivity index (χ2n) is 6.19. The minimum atomic E-state index is -0.607. The Morgan fingerprint density at radius 1 is 1.07 bits per heavy atom. The third-order valence-electron chi connectivity index (χ3n) is 3.76. The highest BCUT2D eigenvalue weighted by molar-refractivity contribution is 6.30. The van der Waals surface area contributed by atoms with Gasteiger partial charge < -0.3 is 9.47 Å². The Balaban J connectivity index is 1.94. The van der Waals surface area contributed by atoms with E-state index in [1.165, 1.54) is 0 Å². The van der Waals surface area contributed by atoms with Crippen molar-refractivity contribution in [2.45, 2.75) is 20.0 Å². The summed E-state index contributed by atoms with van der Waals surface area (Å²) in [6.07, 6.45) is -0.269. The summed E-state index contributed by atoms with van der Waals surface area (Å²) in [4.78, 5) is 28.9. The predicted octanol–water partition coefficient (Wildman–Crippen LogP) is 4.66. The number of para-hydroxylation sites is 1. The lowest BCUT2D eigenvalue weighted by Gasteiger charge is -2.11. The molecule has 0 aliphatic rings. The maximum Gasteiger partial charge on any atom is 0.344 e. The SMILES string of the molecule is CC(C)OC(=O)COC(=O)c1cc(-c2ccc(Cl)cc2)nc2ccccc12. The summed E-state index contributed by atoms with van der Waals surface area (Å²) in [7, 11) is 0. The van der Waals surface area contributed by atoms with E-state index in [1.807, 2.05) is 30.3 Å². The molecule has 0 saturated heterocycles. The topological polar surface area (TPSA) is 65.5 Å². The molecule has 0 spiro atoms. The van der Waals surface area contributed by atoms with Gasteiger partial charge in [-0.2, -0.15) is 0 Å². The van der Waals surface area contributed by atoms with Crippen molar-refractivity contribution in [2.75, 3.05) is 6.61 Å². The summed E-state index contributed by atoms with van der Waals surface area (Å²) in [5.74, 6) is -1.20. The number of carbonyl (C=O) groups excluding carboxylic acids is 2. The fourth-order valence-electron chi connectivity index (χ4n) is 2.61. The first-order valence-electron chi connectivity index (χ1n) is 8.46. The average molecular weight is 384 g/mol. The first kappa shape index (κ1) is 18.9. The number of pyridine rings is 1. The standard InChI is InChI=1S/C21H18ClNO4/c1-13(2)27-20(24)12-26-21(25)17-11-19(14-7-9-15(22)10-8-14)23-18-6-4-3-5-16(17)18/h3-11,13H,12H2,1-2H3. The molecule has 3 aromatic rings. The number of aromatic nitrogens is 1. The van der Waals surface area contributed by atoms with Gasteiger partial charge in [-0.3, -0.25) is 0 Å². The van der Waals surface area contributed by atoms with E-state index in [9.17, 15) is 9.59 Å². The number of nitrogens with zero attached hydrogens (tertiary/aromatic N) is 1. The maximum absolute atomic E-state index is 12.6. The van der Waals surface area contributed by atoms with Gasteiger partial charge in [0.25, 0.3) is 0 Å². The van der Waals surface area contributed by atoms with Gasteiger partial charge in [0.2, 0.25) is 0 Å². The summed E-state index contributed by atoms with van der Waals surface area (Å²) in [5.41, 5.74) is 2.42. The second kappa shape index (κ2) is 8.18. The Hall–Kier alpha value is -2.92. The molecule has 0 atom stereocenters. The first-order chi connectivity index (χ1) is 12.9. The van der Waals surface area contributed by atoms with Crippen LogP contribution in [0.25, 0.3) is 22.2 Å². The third kappa shape index (κ3) is 4.63. The molecule has 0 unspecified atom stereocenters. The van der Waals surface area contributed by atoms with E-state index < -0.39 is 18.5 Å². The monoisotopic (exact) mass is 383 g/mol. The van der Waals surface area contributed by atoms with Gasteiger partial charge >= 0.3 is 11.9 Å². The lowest BCUT2D eigenvalue weighted by molar-refractivity contribution is -0.150. The molecule has 0 fully saturated rings. The number of carbonyl (C=O) groups is 2. The molecular weight excluding hydrogens is 366 g/mol. The van der Waals surface area contributed by atoms with E-state index in [1.54, 1.807) is 38.1 Å². The van der Waals surface area contributed by atoms with Crippen LogP contribution in [0.5, 0.6) is 0 Å². The van der Waals surface area contributed by atoms with Gasteiger partial charge in [-0.25, -0.2) is 14.6 Å². The number of rotatable bonds is 5. The zero-order chi connectivity index (χ0) is 19.4. The molecule has 3 rings (SSSR count). The Morgan fingerprint density at radius 3 is 2.48 bits per heavy atom. The van der Waals surface area contributed by atoms with Crippen molar-refractivity contribution >= 4 is 34.4 Å². The van der Waals surface area contributed by atoms with Gasteiger partial charge in [0.05, 0.1) is 22.9 Å². The van der Waals surface area contributed by atoms with Crippen LogP contribution in [0.1, 0.15) is 24.2 Å². The van der Waals surface area contributed by atoms with Crippen molar-refractivity contribution in [1.29, 1.82) is 0 Å². The molecule has 0 radical (unpaired) electrons. The predicted molar refractivity (Wildman–Crippen MR) is 104 cm³/mol. The van der Waals surface area contributed by atoms with Crippen molar-refractivity contribution in [1.82, 2.24) is 4.98 Å². The largest absolute Gasteiger partial charge is 0.460 e. The van der Waals surface area contributed by atoms with Crippen LogP contribution in [0.3, 0.4) is 0 Å². The van der Waals surface area contributed by atoms with Crippen LogP contribution in [0.4, 0.5) is 0 Å². The van der Waals surface area contributed by atoms with Crippen LogP contribution in [-0.2, 0) is 14.3 Å². The molecule has 0 bridgehead atoms. The quantitative estimate of drug-likeness (QED) is 0.599. The number of esters is 2. The Morgan fingerprint density at radius 2 is 1.78 bits per heavy atom. The molecule has 2 aromatic carbocycles. The van der Waals surface area contributed by atoms with Gasteiger partial charge in [-0.05, 0) is 38.1 Å². The van der Waals surface area contributed by atoms with Crippen LogP contribution in [0, 0.1) is 0 Å². The molecule has 27 heavy (non-hydrogen) atoms. The van der Waals surface area contributed by atoms with Crippen molar-refractivity contribution in [3.05, 3.63) is 65.2 Å². The summed E-state index contributed by atoms with van der Waals surface area (Å²) in [6.45, 7) is 3.02. The fraction of sp³-hybridized carbons (Fsp3) is 0.190. The highest BCUT2D eigenvalue weighted by atomic mass is 35.5. The van der Waals surface area contributed by atoms with Gasteiger partial charge in [0.1, 0.15) is 0 Å². The number of ether oxygens (including phenoxy) is 2. The Bertz CT molecular complexity index is 983. The van der Waals surface area contributed by atoms with Crippen LogP contribution in [-0.4, -0.2) is 29.6 Å². The van der Waals surface area contributed by atoms with E-state index in [2.05, 4.69) is 4.98 Å². The number of hydrogen-bond donors (Lipinski definition) is 0. The maximum atomic E-state index is 12.6. The molecule has 6 heteroatoms. The molecule has 0 amide bonds. The molecule has 5 nitrogen and oxygen atoms in total. The van der Waals surface area contributed by atoms with Crippen LogP contribution >= 0.6 is 11.6 Å². The lowest BCUT2D eigenvalue weighted by atomic mass is 10.0. The number of fused-ring (bicyclic) bond motifs is 1. The normalized spacial score (nSPS) is 10.8. The van der Waals surface area contributed by atoms with Crippen molar-refractivity contribution in [3.8, 4) is 11.3 Å². The van der Waals surface area contributed by atoms with E-state index in [0.29, 0.717) is 27.2 Å². The zero-order valence-electron chi connectivity index (χ0n) is 14.9. The van der Waals surface area contributed by atoms with Crippen molar-refractivity contribution in [2.24, 2.45) is 0 Å². The highest BCUT2D eigenvalue weighted by Crippen LogP contribution is 2.26. The summed E-state index contributed by atoms with van der Waals surface area (Å²) in [5, 5.41) is 1.26. The van der Waals surface area contributed by atoms with Crippen molar-refractivity contribution < 1.29 is 19.1 Å². The number of halogens is 1. The summed E-state index contributed by atoms with van der Waals surface area (Å²) < 4.78 is 10.1. The van der Waals surface area contributed by atoms with Crippen LogP contribution in [0.2, 0.25) is 5.02 Å². The van der Waals surface area contributed by atoms with E-state index >= 15 is 0 Å². The smallest absolute Gasteiger partial charge is 0.344 e. The molecule has 138 valence electrons. The average Bonchev–Trinajstić information content (AvgIpc) is 2.65. The minimum absolute atomic E-state index is 0.269. The van der Waals surface area contributed by atoms with Crippen LogP contribution < -0.4 is 0 Å². The molecule has 0 N–H and O–H groups in total. The molecular formula is C21H18ClNO4. The molecule has 1 aromatic heterocycles. The first-order valence-corrected chi connectivity index (χ1v) is 8.84. The number of hydrogen-bond acceptors (Lipinski definition) is 5. The van der Waals surface area contributed by atoms with E-state index in [4.69, 9.17) is 21.1 Å². The second-order valence-corrected chi connectivity index (χ2v) is 6.63. The Kier molecular flexibility index (Phi) is 5.72. The van der Waals surface area contributed by atoms with E-state index in [-0.39, 0.29) is 6.10 Å². The highest BCUT2D eigenvalue weighted by Gasteiger charge is 2.17. The lowest BCUT2D eigenvalue weighted by Crippen LogP contribution is -2.19. The summed E-state index contributed by atoms with van der Waals surface area (Å²) in [6, 6.07) is 16.1. The molecule has 0 saturated carbocycles. The van der Waals surface area contributed by atoms with Gasteiger partial charge in [-0.15, -0.1) is 0 Å². The molecule has 0 aliphatic heterocycles. The van der Waals surface area contributed by atoms with E-state index in [0.717, 1.165) is 5.56 Å². The van der Waals surface area contributed by atoms with Gasteiger partial charge in [0, 0.05) is 16.0 Å². The van der Waals surface area contributed by atoms with Crippen LogP contribution in [0.15, 0.2) is 54.6 Å². The Labute approximate surface area is 161 Å². The molecule has 1 heterocycles. The van der Waals surface area contributed by atoms with Gasteiger partial charge in [0.15, 0.2) is 6.61 Å². The number of benzene rings is 2. The van der Waals surface area contributed by atoms with Gasteiger partial charge in [-0.1, -0.05) is 41.9 Å². The molecule has 0 aliphatic carbocycles. The summed E-state index contributed by atoms with van der Waals surface area (Å²) >= 11 is 5.94. The zero-order valence-corrected chi connectivity index (χ0v) is 15.7. The van der Waals surface area contributed by atoms with Crippen molar-refractivity contribution in [3.63, 3.8) is 0 Å². The fourth-order valence-corrected chi connectivity index (χ4v) is 2.74. The minimum Gasteiger partial charge on any atom is -0.460 e.